The Labute approximate surface area is 172 Å². The Hall–Kier alpha value is -1.35. The van der Waals surface area contributed by atoms with Crippen molar-refractivity contribution in [1.82, 2.24) is 4.90 Å². The minimum Gasteiger partial charge on any atom is -0.492 e. The van der Waals surface area contributed by atoms with Crippen LogP contribution in [0.1, 0.15) is 26.7 Å². The number of carbonyl (C=O) groups is 2. The zero-order valence-corrected chi connectivity index (χ0v) is 17.7. The fraction of sp³-hybridized carbons (Fsp3) is 0.556. The summed E-state index contributed by atoms with van der Waals surface area (Å²) in [6, 6.07) is 5.60. The van der Waals surface area contributed by atoms with E-state index in [1.54, 1.807) is 0 Å². The second-order valence-electron chi connectivity index (χ2n) is 6.26. The zero-order chi connectivity index (χ0) is 20.4. The van der Waals surface area contributed by atoms with Gasteiger partial charge in [0.1, 0.15) is 5.75 Å². The van der Waals surface area contributed by atoms with E-state index in [9.17, 15) is 0 Å². The molecule has 0 amide bonds. The molecule has 2 rings (SSSR count). The number of carboxylic acids is 2. The maximum absolute atomic E-state index is 9.10. The number of benzene rings is 1. The maximum Gasteiger partial charge on any atom is 0.414 e. The lowest BCUT2D eigenvalue weighted by molar-refractivity contribution is -0.159. The third kappa shape index (κ3) is 9.95. The smallest absolute Gasteiger partial charge is 0.414 e. The van der Waals surface area contributed by atoms with Crippen LogP contribution in [-0.2, 0) is 14.3 Å². The topological polar surface area (TPSA) is 96.3 Å². The standard InChI is InChI=1S/C16H23BrClNO2.C2H2O4/c1-12-10-19(11-13(2)21-12)7-3-4-8-20-16-6-5-14(18)9-15(16)17;3-1(4)2(5)6/h5-6,9,12-13H,3-4,7-8,10-11H2,1-2H3;(H,3,4)(H,5,6). The molecule has 1 fully saturated rings. The number of ether oxygens (including phenoxy) is 2. The van der Waals surface area contributed by atoms with Crippen molar-refractivity contribution in [2.45, 2.75) is 38.9 Å². The van der Waals surface area contributed by atoms with Crippen LogP contribution in [0.2, 0.25) is 5.02 Å². The number of unbranched alkanes of at least 4 members (excludes halogenated alkanes) is 1. The Morgan fingerprint density at radius 3 is 2.33 bits per heavy atom. The Balaban J connectivity index is 0.000000527. The van der Waals surface area contributed by atoms with E-state index in [1.165, 1.54) is 0 Å². The summed E-state index contributed by atoms with van der Waals surface area (Å²) in [7, 11) is 0. The van der Waals surface area contributed by atoms with Gasteiger partial charge in [0.15, 0.2) is 0 Å². The van der Waals surface area contributed by atoms with Crippen molar-refractivity contribution in [3.05, 3.63) is 27.7 Å². The van der Waals surface area contributed by atoms with E-state index in [-0.39, 0.29) is 0 Å². The molecule has 9 heteroatoms. The summed E-state index contributed by atoms with van der Waals surface area (Å²) in [6.45, 7) is 8.20. The molecule has 1 aliphatic rings. The molecule has 0 bridgehead atoms. The largest absolute Gasteiger partial charge is 0.492 e. The molecule has 1 saturated heterocycles. The molecule has 7 nitrogen and oxygen atoms in total. The summed E-state index contributed by atoms with van der Waals surface area (Å²) in [5, 5.41) is 15.5. The highest BCUT2D eigenvalue weighted by atomic mass is 79.9. The SMILES string of the molecule is CC1CN(CCCCOc2ccc(Cl)cc2Br)CC(C)O1.O=C(O)C(=O)O. The molecular weight excluding hydrogens is 442 g/mol. The molecule has 0 aliphatic carbocycles. The van der Waals surface area contributed by atoms with Crippen LogP contribution >= 0.6 is 27.5 Å². The van der Waals surface area contributed by atoms with Crippen LogP contribution in [-0.4, -0.2) is 65.5 Å². The molecule has 27 heavy (non-hydrogen) atoms. The number of aliphatic carboxylic acids is 2. The molecule has 152 valence electrons. The van der Waals surface area contributed by atoms with E-state index in [2.05, 4.69) is 34.7 Å². The van der Waals surface area contributed by atoms with Crippen molar-refractivity contribution in [1.29, 1.82) is 0 Å². The van der Waals surface area contributed by atoms with Crippen LogP contribution in [0.25, 0.3) is 0 Å². The second kappa shape index (κ2) is 12.2. The molecular formula is C18H25BrClNO6. The summed E-state index contributed by atoms with van der Waals surface area (Å²) < 4.78 is 12.4. The van der Waals surface area contributed by atoms with Gasteiger partial charge in [-0.15, -0.1) is 0 Å². The van der Waals surface area contributed by atoms with Gasteiger partial charge in [-0.3, -0.25) is 4.90 Å². The summed E-state index contributed by atoms with van der Waals surface area (Å²) in [5.41, 5.74) is 0. The molecule has 2 N–H and O–H groups in total. The van der Waals surface area contributed by atoms with E-state index in [4.69, 9.17) is 40.9 Å². The van der Waals surface area contributed by atoms with E-state index in [0.29, 0.717) is 17.2 Å². The van der Waals surface area contributed by atoms with Crippen molar-refractivity contribution in [2.24, 2.45) is 0 Å². The number of halogens is 2. The summed E-state index contributed by atoms with van der Waals surface area (Å²) in [4.78, 5) is 20.7. The van der Waals surface area contributed by atoms with Gasteiger partial charge in [0.2, 0.25) is 0 Å². The van der Waals surface area contributed by atoms with E-state index in [0.717, 1.165) is 49.3 Å². The summed E-state index contributed by atoms with van der Waals surface area (Å²) in [5.74, 6) is -2.79. The fourth-order valence-corrected chi connectivity index (χ4v) is 3.48. The third-order valence-corrected chi connectivity index (χ3v) is 4.55. The molecule has 1 aliphatic heterocycles. The first-order valence-electron chi connectivity index (χ1n) is 8.61. The average molecular weight is 467 g/mol. The molecule has 1 aromatic carbocycles. The van der Waals surface area contributed by atoms with Gasteiger partial charge in [-0.2, -0.15) is 0 Å². The highest BCUT2D eigenvalue weighted by Gasteiger charge is 2.21. The highest BCUT2D eigenvalue weighted by Crippen LogP contribution is 2.28. The molecule has 0 saturated carbocycles. The first-order chi connectivity index (χ1) is 12.7. The van der Waals surface area contributed by atoms with Crippen molar-refractivity contribution in [2.75, 3.05) is 26.2 Å². The molecule has 0 radical (unpaired) electrons. The Bertz CT molecular complexity index is 608. The molecule has 2 atom stereocenters. The summed E-state index contributed by atoms with van der Waals surface area (Å²) >= 11 is 9.37. The first-order valence-corrected chi connectivity index (χ1v) is 9.78. The summed E-state index contributed by atoms with van der Waals surface area (Å²) in [6.07, 6.45) is 2.88. The monoisotopic (exact) mass is 465 g/mol. The predicted octanol–water partition coefficient (Wildman–Crippen LogP) is 3.53. The number of hydrogen-bond donors (Lipinski definition) is 2. The van der Waals surface area contributed by atoms with E-state index < -0.39 is 11.9 Å². The Kier molecular flexibility index (Phi) is 10.7. The number of carboxylic acid groups (broad SMARTS) is 2. The molecule has 1 heterocycles. The van der Waals surface area contributed by atoms with Crippen molar-refractivity contribution >= 4 is 39.5 Å². The van der Waals surface area contributed by atoms with Gasteiger partial charge in [0.05, 0.1) is 23.3 Å². The second-order valence-corrected chi connectivity index (χ2v) is 7.55. The van der Waals surface area contributed by atoms with Crippen LogP contribution in [0.15, 0.2) is 22.7 Å². The van der Waals surface area contributed by atoms with Crippen molar-refractivity contribution in [3.8, 4) is 5.75 Å². The Morgan fingerprint density at radius 1 is 1.22 bits per heavy atom. The van der Waals surface area contributed by atoms with Crippen LogP contribution in [0, 0.1) is 0 Å². The molecule has 1 aromatic rings. The van der Waals surface area contributed by atoms with Crippen LogP contribution in [0.4, 0.5) is 0 Å². The average Bonchev–Trinajstić information content (AvgIpc) is 2.56. The predicted molar refractivity (Wildman–Crippen MR) is 106 cm³/mol. The lowest BCUT2D eigenvalue weighted by Crippen LogP contribution is -2.45. The third-order valence-electron chi connectivity index (χ3n) is 3.70. The fourth-order valence-electron chi connectivity index (χ4n) is 2.68. The van der Waals surface area contributed by atoms with Gasteiger partial charge in [-0.1, -0.05) is 11.6 Å². The maximum atomic E-state index is 9.10. The van der Waals surface area contributed by atoms with Gasteiger partial charge < -0.3 is 19.7 Å². The molecule has 2 unspecified atom stereocenters. The van der Waals surface area contributed by atoms with E-state index in [1.807, 2.05) is 18.2 Å². The lowest BCUT2D eigenvalue weighted by atomic mass is 10.2. The van der Waals surface area contributed by atoms with Gasteiger partial charge in [-0.05, 0) is 67.4 Å². The number of rotatable bonds is 6. The first kappa shape index (κ1) is 23.7. The zero-order valence-electron chi connectivity index (χ0n) is 15.4. The van der Waals surface area contributed by atoms with Crippen molar-refractivity contribution in [3.63, 3.8) is 0 Å². The van der Waals surface area contributed by atoms with Gasteiger partial charge in [-0.25, -0.2) is 9.59 Å². The number of hydrogen-bond acceptors (Lipinski definition) is 5. The van der Waals surface area contributed by atoms with Crippen LogP contribution in [0.5, 0.6) is 5.75 Å². The minimum atomic E-state index is -1.82. The normalized spacial score (nSPS) is 19.7. The molecule has 0 spiro atoms. The minimum absolute atomic E-state index is 0.343. The van der Waals surface area contributed by atoms with E-state index >= 15 is 0 Å². The highest BCUT2D eigenvalue weighted by molar-refractivity contribution is 9.10. The molecule has 0 aromatic heterocycles. The quantitative estimate of drug-likeness (QED) is 0.489. The van der Waals surface area contributed by atoms with Crippen molar-refractivity contribution < 1.29 is 29.3 Å². The van der Waals surface area contributed by atoms with Crippen LogP contribution in [0.3, 0.4) is 0 Å². The van der Waals surface area contributed by atoms with Gasteiger partial charge in [0.25, 0.3) is 0 Å². The lowest BCUT2D eigenvalue weighted by Gasteiger charge is -2.35. The number of nitrogens with zero attached hydrogens (tertiary/aromatic N) is 1. The Morgan fingerprint density at radius 2 is 1.81 bits per heavy atom. The van der Waals surface area contributed by atoms with Gasteiger partial charge >= 0.3 is 11.9 Å². The number of morpholine rings is 1. The van der Waals surface area contributed by atoms with Gasteiger partial charge in [0, 0.05) is 18.1 Å². The van der Waals surface area contributed by atoms with Crippen LogP contribution < -0.4 is 4.74 Å².